The summed E-state index contributed by atoms with van der Waals surface area (Å²) in [6.45, 7) is 3.79. The largest absolute Gasteiger partial charge is 0.345 e. The molecule has 0 aliphatic carbocycles. The van der Waals surface area contributed by atoms with Gasteiger partial charge in [0.2, 0.25) is 0 Å². The van der Waals surface area contributed by atoms with E-state index in [-0.39, 0.29) is 28.2 Å². The second kappa shape index (κ2) is 11.6. The third-order valence-corrected chi connectivity index (χ3v) is 10.2. The molecule has 0 spiro atoms. The highest BCUT2D eigenvalue weighted by Crippen LogP contribution is 2.36. The van der Waals surface area contributed by atoms with Crippen molar-refractivity contribution in [1.29, 1.82) is 0 Å². The number of piperidine rings is 1. The van der Waals surface area contributed by atoms with E-state index in [9.17, 15) is 13.2 Å². The first-order valence-corrected chi connectivity index (χ1v) is 16.1. The smallest absolute Gasteiger partial charge is 0.269 e. The maximum atomic E-state index is 15.5. The molecule has 3 aromatic carbocycles. The number of carbonyl (C=O) groups excluding carboxylic acids is 1. The highest BCUT2D eigenvalue weighted by atomic mass is 32.2. The van der Waals surface area contributed by atoms with E-state index in [1.807, 2.05) is 25.1 Å². The molecular weight excluding hydrogens is 575 g/mol. The zero-order valence-corrected chi connectivity index (χ0v) is 26.1. The van der Waals surface area contributed by atoms with Gasteiger partial charge in [-0.25, -0.2) is 21.8 Å². The van der Waals surface area contributed by atoms with Crippen molar-refractivity contribution in [1.82, 2.24) is 18.8 Å². The standard InChI is InChI=1S/C35H35FN4O3S/c1-23-5-12-29(13-6-23)44(42,43)40-22-32(24-7-9-26(10-8-24)35(41)38(2)3)31-19-28(21-37-34(31)40)27-11-14-30(33(36)20-27)25-15-17-39(4)18-16-25/h5-14,19-22,25H,15-18H2,1-4H3. The minimum Gasteiger partial charge on any atom is -0.345 e. The zero-order valence-electron chi connectivity index (χ0n) is 25.3. The Bertz CT molecular complexity index is 1960. The van der Waals surface area contributed by atoms with Crippen LogP contribution in [0, 0.1) is 12.7 Å². The van der Waals surface area contributed by atoms with Crippen LogP contribution in [-0.2, 0) is 10.0 Å². The van der Waals surface area contributed by atoms with Gasteiger partial charge in [-0.3, -0.25) is 4.79 Å². The Morgan fingerprint density at radius 2 is 1.57 bits per heavy atom. The maximum absolute atomic E-state index is 15.5. The fraction of sp³-hybridized carbons (Fsp3) is 0.257. The molecule has 7 nitrogen and oxygen atoms in total. The number of hydrogen-bond acceptors (Lipinski definition) is 5. The minimum atomic E-state index is -3.98. The number of benzene rings is 3. The second-order valence-electron chi connectivity index (χ2n) is 11.8. The monoisotopic (exact) mass is 610 g/mol. The van der Waals surface area contributed by atoms with Gasteiger partial charge in [-0.1, -0.05) is 42.0 Å². The molecule has 0 unspecified atom stereocenters. The number of hydrogen-bond donors (Lipinski definition) is 0. The summed E-state index contributed by atoms with van der Waals surface area (Å²) in [5, 5.41) is 0.602. The van der Waals surface area contributed by atoms with Crippen LogP contribution in [0.2, 0.25) is 0 Å². The van der Waals surface area contributed by atoms with Crippen LogP contribution in [0.3, 0.4) is 0 Å². The normalized spacial score (nSPS) is 14.7. The number of pyridine rings is 1. The number of fused-ring (bicyclic) bond motifs is 1. The van der Waals surface area contributed by atoms with E-state index in [0.29, 0.717) is 27.6 Å². The average molecular weight is 611 g/mol. The Labute approximate surface area is 257 Å². The van der Waals surface area contributed by atoms with Crippen LogP contribution < -0.4 is 0 Å². The molecular formula is C35H35FN4O3S. The fourth-order valence-electron chi connectivity index (χ4n) is 5.88. The van der Waals surface area contributed by atoms with Gasteiger partial charge >= 0.3 is 0 Å². The molecule has 1 aliphatic rings. The van der Waals surface area contributed by atoms with Gasteiger partial charge < -0.3 is 9.80 Å². The number of halogens is 1. The van der Waals surface area contributed by atoms with E-state index < -0.39 is 10.0 Å². The van der Waals surface area contributed by atoms with Gasteiger partial charge in [0, 0.05) is 48.6 Å². The highest BCUT2D eigenvalue weighted by molar-refractivity contribution is 7.90. The van der Waals surface area contributed by atoms with E-state index in [0.717, 1.165) is 42.6 Å². The number of carbonyl (C=O) groups is 1. The second-order valence-corrected chi connectivity index (χ2v) is 13.7. The summed E-state index contributed by atoms with van der Waals surface area (Å²) in [6, 6.07) is 21.0. The quantitative estimate of drug-likeness (QED) is 0.218. The molecule has 44 heavy (non-hydrogen) atoms. The first-order valence-electron chi connectivity index (χ1n) is 14.7. The number of aromatic nitrogens is 2. The molecule has 0 saturated carbocycles. The van der Waals surface area contributed by atoms with Crippen molar-refractivity contribution in [3.63, 3.8) is 0 Å². The molecule has 1 aliphatic heterocycles. The topological polar surface area (TPSA) is 75.5 Å². The first kappa shape index (κ1) is 29.7. The summed E-state index contributed by atoms with van der Waals surface area (Å²) in [7, 11) is 1.49. The summed E-state index contributed by atoms with van der Waals surface area (Å²) < 4.78 is 44.4. The van der Waals surface area contributed by atoms with E-state index in [2.05, 4.69) is 16.9 Å². The van der Waals surface area contributed by atoms with Crippen LogP contribution in [0.15, 0.2) is 90.1 Å². The number of rotatable bonds is 6. The number of amides is 1. The Hall–Kier alpha value is -4.34. The van der Waals surface area contributed by atoms with Crippen LogP contribution in [0.4, 0.5) is 4.39 Å². The number of likely N-dealkylation sites (tertiary alicyclic amines) is 1. The van der Waals surface area contributed by atoms with Gasteiger partial charge in [0.25, 0.3) is 15.9 Å². The van der Waals surface area contributed by atoms with Gasteiger partial charge in [0.15, 0.2) is 5.65 Å². The van der Waals surface area contributed by atoms with Crippen LogP contribution in [0.5, 0.6) is 0 Å². The van der Waals surface area contributed by atoms with Crippen LogP contribution in [0.1, 0.15) is 40.2 Å². The number of aryl methyl sites for hydroxylation is 1. The number of nitrogens with zero attached hydrogens (tertiary/aromatic N) is 4. The van der Waals surface area contributed by atoms with Gasteiger partial charge in [-0.15, -0.1) is 0 Å². The van der Waals surface area contributed by atoms with Crippen molar-refractivity contribution >= 4 is 27.0 Å². The third-order valence-electron chi connectivity index (χ3n) is 8.53. The minimum absolute atomic E-state index is 0.129. The van der Waals surface area contributed by atoms with Crippen LogP contribution >= 0.6 is 0 Å². The Kier molecular flexibility index (Phi) is 7.86. The molecule has 0 radical (unpaired) electrons. The molecule has 9 heteroatoms. The molecule has 0 bridgehead atoms. The molecule has 6 rings (SSSR count). The van der Waals surface area contributed by atoms with E-state index in [1.54, 1.807) is 81.1 Å². The van der Waals surface area contributed by atoms with Crippen LogP contribution in [0.25, 0.3) is 33.3 Å². The van der Waals surface area contributed by atoms with E-state index in [1.165, 1.54) is 8.87 Å². The average Bonchev–Trinajstić information content (AvgIpc) is 3.41. The van der Waals surface area contributed by atoms with Gasteiger partial charge in [0.1, 0.15) is 5.82 Å². The zero-order chi connectivity index (χ0) is 31.2. The predicted octanol–water partition coefficient (Wildman–Crippen LogP) is 6.57. The lowest BCUT2D eigenvalue weighted by molar-refractivity contribution is 0.0827. The molecule has 1 fully saturated rings. The van der Waals surface area contributed by atoms with Crippen molar-refractivity contribution in [2.45, 2.75) is 30.6 Å². The van der Waals surface area contributed by atoms with Crippen LogP contribution in [-0.4, -0.2) is 67.3 Å². The molecule has 2 aromatic heterocycles. The van der Waals surface area contributed by atoms with Gasteiger partial charge in [-0.05, 0) is 98.9 Å². The summed E-state index contributed by atoms with van der Waals surface area (Å²) in [6.07, 6.45) is 5.01. The SMILES string of the molecule is Cc1ccc(S(=O)(=O)n2cc(-c3ccc(C(=O)N(C)C)cc3)c3cc(-c4ccc(C5CCN(C)CC5)c(F)c4)cnc32)cc1. The van der Waals surface area contributed by atoms with E-state index in [4.69, 9.17) is 0 Å². The summed E-state index contributed by atoms with van der Waals surface area (Å²) in [5.74, 6) is -0.176. The Morgan fingerprint density at radius 3 is 2.20 bits per heavy atom. The summed E-state index contributed by atoms with van der Waals surface area (Å²) in [4.78, 5) is 21.0. The highest BCUT2D eigenvalue weighted by Gasteiger charge is 2.25. The first-order chi connectivity index (χ1) is 21.0. The van der Waals surface area contributed by atoms with Gasteiger partial charge in [-0.2, -0.15) is 0 Å². The van der Waals surface area contributed by atoms with Gasteiger partial charge in [0.05, 0.1) is 4.90 Å². The summed E-state index contributed by atoms with van der Waals surface area (Å²) >= 11 is 0. The lowest BCUT2D eigenvalue weighted by Crippen LogP contribution is -2.29. The molecule has 5 aromatic rings. The molecule has 3 heterocycles. The molecule has 0 N–H and O–H groups in total. The van der Waals surface area contributed by atoms with Crippen molar-refractivity contribution in [3.8, 4) is 22.3 Å². The summed E-state index contributed by atoms with van der Waals surface area (Å²) in [5.41, 5.74) is 5.18. The van der Waals surface area contributed by atoms with Crippen molar-refractivity contribution in [2.75, 3.05) is 34.2 Å². The van der Waals surface area contributed by atoms with Crippen molar-refractivity contribution in [2.24, 2.45) is 0 Å². The molecule has 1 saturated heterocycles. The van der Waals surface area contributed by atoms with Crippen molar-refractivity contribution in [3.05, 3.63) is 108 Å². The molecule has 226 valence electrons. The van der Waals surface area contributed by atoms with Crippen molar-refractivity contribution < 1.29 is 17.6 Å². The Morgan fingerprint density at radius 1 is 0.909 bits per heavy atom. The lowest BCUT2D eigenvalue weighted by Gasteiger charge is -2.29. The fourth-order valence-corrected chi connectivity index (χ4v) is 7.21. The molecule has 0 atom stereocenters. The van der Waals surface area contributed by atoms with E-state index >= 15 is 4.39 Å². The maximum Gasteiger partial charge on any atom is 0.269 e. The third kappa shape index (κ3) is 5.53. The predicted molar refractivity (Wildman–Crippen MR) is 172 cm³/mol. The lowest BCUT2D eigenvalue weighted by atomic mass is 9.88. The molecule has 1 amide bonds. The Balaban J connectivity index is 1.46.